The lowest BCUT2D eigenvalue weighted by molar-refractivity contribution is 0.0936. The zero-order valence-electron chi connectivity index (χ0n) is 8.16. The van der Waals surface area contributed by atoms with Crippen LogP contribution in [0.15, 0.2) is 0 Å². The van der Waals surface area contributed by atoms with Crippen molar-refractivity contribution in [3.63, 3.8) is 0 Å². The van der Waals surface area contributed by atoms with Crippen molar-refractivity contribution in [3.05, 3.63) is 5.82 Å². The topological polar surface area (TPSA) is 96.7 Å². The van der Waals surface area contributed by atoms with Gasteiger partial charge < -0.3 is 11.1 Å². The molecule has 1 atom stereocenters. The minimum absolute atomic E-state index is 0.0882. The molecule has 1 unspecified atom stereocenters. The maximum absolute atomic E-state index is 11.5. The van der Waals surface area contributed by atoms with Gasteiger partial charge in [0.2, 0.25) is 11.8 Å². The first kappa shape index (κ1) is 8.98. The number of nitrogens with two attached hydrogens (primary N) is 1. The molecule has 0 radical (unpaired) electrons. The van der Waals surface area contributed by atoms with E-state index in [1.54, 1.807) is 0 Å². The summed E-state index contributed by atoms with van der Waals surface area (Å²) in [5.41, 5.74) is 5.49. The highest BCUT2D eigenvalue weighted by Crippen LogP contribution is 2.44. The van der Waals surface area contributed by atoms with E-state index in [2.05, 4.69) is 34.3 Å². The number of hydrogen-bond donors (Lipinski definition) is 3. The summed E-state index contributed by atoms with van der Waals surface area (Å²) >= 11 is 0. The Hall–Kier alpha value is -1.59. The Labute approximate surface area is 81.3 Å². The average Bonchev–Trinajstić information content (AvgIpc) is 2.52. The zero-order valence-corrected chi connectivity index (χ0v) is 8.16. The highest BCUT2D eigenvalue weighted by atomic mass is 16.2. The Balaban J connectivity index is 1.97. The highest BCUT2D eigenvalue weighted by Gasteiger charge is 2.46. The Bertz CT molecular complexity index is 370. The molecule has 2 rings (SSSR count). The lowest BCUT2D eigenvalue weighted by atomic mass is 10.2. The summed E-state index contributed by atoms with van der Waals surface area (Å²) in [6, 6.07) is 0.237. The van der Waals surface area contributed by atoms with Gasteiger partial charge in [0, 0.05) is 6.04 Å². The maximum Gasteiger partial charge on any atom is 0.288 e. The van der Waals surface area contributed by atoms with Crippen LogP contribution >= 0.6 is 0 Å². The molecule has 0 bridgehead atoms. The van der Waals surface area contributed by atoms with Gasteiger partial charge in [-0.25, -0.2) is 0 Å². The molecule has 0 saturated heterocycles. The number of nitrogens with zero attached hydrogens (tertiary/aromatic N) is 2. The molecule has 0 aliphatic heterocycles. The Morgan fingerprint density at radius 1 is 1.71 bits per heavy atom. The molecule has 1 aromatic heterocycles. The van der Waals surface area contributed by atoms with Gasteiger partial charge in [0.15, 0.2) is 0 Å². The van der Waals surface area contributed by atoms with Crippen molar-refractivity contribution < 1.29 is 4.79 Å². The van der Waals surface area contributed by atoms with Crippen molar-refractivity contribution in [3.8, 4) is 0 Å². The van der Waals surface area contributed by atoms with Crippen LogP contribution in [0, 0.1) is 5.41 Å². The second-order valence-electron chi connectivity index (χ2n) is 4.26. The quantitative estimate of drug-likeness (QED) is 0.614. The molecule has 1 fully saturated rings. The van der Waals surface area contributed by atoms with Crippen LogP contribution < -0.4 is 11.1 Å². The number of amides is 1. The smallest absolute Gasteiger partial charge is 0.288 e. The van der Waals surface area contributed by atoms with Crippen LogP contribution in [0.25, 0.3) is 0 Å². The zero-order chi connectivity index (χ0) is 10.3. The van der Waals surface area contributed by atoms with Crippen molar-refractivity contribution >= 4 is 11.9 Å². The van der Waals surface area contributed by atoms with Crippen LogP contribution in [-0.4, -0.2) is 27.1 Å². The van der Waals surface area contributed by atoms with Gasteiger partial charge in [0.25, 0.3) is 5.91 Å². The largest absolute Gasteiger partial charge is 0.366 e. The third kappa shape index (κ3) is 1.55. The number of carbonyl (C=O) groups is 1. The van der Waals surface area contributed by atoms with Crippen LogP contribution in [0.1, 0.15) is 30.9 Å². The van der Waals surface area contributed by atoms with Gasteiger partial charge in [0.1, 0.15) is 0 Å². The number of aromatic nitrogens is 3. The van der Waals surface area contributed by atoms with E-state index in [1.165, 1.54) is 0 Å². The number of anilines is 1. The first-order valence-corrected chi connectivity index (χ1v) is 4.48. The number of rotatable bonds is 2. The van der Waals surface area contributed by atoms with E-state index in [1.807, 2.05) is 0 Å². The van der Waals surface area contributed by atoms with Crippen molar-refractivity contribution in [2.75, 3.05) is 5.73 Å². The number of hydrogen-bond acceptors (Lipinski definition) is 4. The van der Waals surface area contributed by atoms with E-state index in [0.717, 1.165) is 6.42 Å². The summed E-state index contributed by atoms with van der Waals surface area (Å²) in [4.78, 5) is 15.2. The van der Waals surface area contributed by atoms with Crippen molar-refractivity contribution in [1.29, 1.82) is 0 Å². The maximum atomic E-state index is 11.5. The standard InChI is InChI=1S/C8H13N5O/c1-8(2)3-4(8)10-6(14)5-11-7(9)13-12-5/h4H,3H2,1-2H3,(H,10,14)(H3,9,11,12,13). The minimum atomic E-state index is -0.246. The Morgan fingerprint density at radius 3 is 2.79 bits per heavy atom. The van der Waals surface area contributed by atoms with Crippen molar-refractivity contribution in [2.24, 2.45) is 5.41 Å². The first-order chi connectivity index (χ1) is 6.49. The monoisotopic (exact) mass is 195 g/mol. The van der Waals surface area contributed by atoms with Gasteiger partial charge in [0.05, 0.1) is 0 Å². The van der Waals surface area contributed by atoms with Gasteiger partial charge >= 0.3 is 0 Å². The van der Waals surface area contributed by atoms with E-state index in [-0.39, 0.29) is 29.1 Å². The van der Waals surface area contributed by atoms with E-state index in [0.29, 0.717) is 0 Å². The first-order valence-electron chi connectivity index (χ1n) is 4.48. The Morgan fingerprint density at radius 2 is 2.36 bits per heavy atom. The molecule has 6 nitrogen and oxygen atoms in total. The Kier molecular flexibility index (Phi) is 1.73. The van der Waals surface area contributed by atoms with Crippen LogP contribution in [0.5, 0.6) is 0 Å². The lowest BCUT2D eigenvalue weighted by Crippen LogP contribution is -2.29. The molecule has 0 aromatic carbocycles. The van der Waals surface area contributed by atoms with Crippen LogP contribution in [-0.2, 0) is 0 Å². The average molecular weight is 195 g/mol. The molecular formula is C8H13N5O. The van der Waals surface area contributed by atoms with Gasteiger partial charge in [-0.05, 0) is 11.8 Å². The van der Waals surface area contributed by atoms with Crippen molar-refractivity contribution in [1.82, 2.24) is 20.5 Å². The third-order valence-electron chi connectivity index (χ3n) is 2.54. The summed E-state index contributed by atoms with van der Waals surface area (Å²) in [5, 5.41) is 8.90. The summed E-state index contributed by atoms with van der Waals surface area (Å²) in [6.45, 7) is 4.21. The number of H-pyrrole nitrogens is 1. The van der Waals surface area contributed by atoms with E-state index in [4.69, 9.17) is 5.73 Å². The van der Waals surface area contributed by atoms with Gasteiger partial charge in [-0.1, -0.05) is 13.8 Å². The fourth-order valence-corrected chi connectivity index (χ4v) is 1.32. The molecule has 1 amide bonds. The molecule has 1 heterocycles. The molecule has 0 spiro atoms. The molecule has 76 valence electrons. The van der Waals surface area contributed by atoms with Crippen molar-refractivity contribution in [2.45, 2.75) is 26.3 Å². The van der Waals surface area contributed by atoms with E-state index >= 15 is 0 Å². The predicted molar refractivity (Wildman–Crippen MR) is 50.4 cm³/mol. The predicted octanol–water partition coefficient (Wildman–Crippen LogP) is -0.0848. The number of nitrogens with one attached hydrogen (secondary N) is 2. The summed E-state index contributed by atoms with van der Waals surface area (Å²) in [6.07, 6.45) is 1.00. The normalized spacial score (nSPS) is 23.1. The van der Waals surface area contributed by atoms with Gasteiger partial charge in [-0.15, -0.1) is 5.10 Å². The highest BCUT2D eigenvalue weighted by molar-refractivity contribution is 5.91. The molecular weight excluding hydrogens is 182 g/mol. The molecule has 1 aliphatic rings. The molecule has 1 aliphatic carbocycles. The molecule has 14 heavy (non-hydrogen) atoms. The second-order valence-corrected chi connectivity index (χ2v) is 4.26. The van der Waals surface area contributed by atoms with E-state index in [9.17, 15) is 4.79 Å². The second kappa shape index (κ2) is 2.70. The third-order valence-corrected chi connectivity index (χ3v) is 2.54. The lowest BCUT2D eigenvalue weighted by Gasteiger charge is -2.03. The minimum Gasteiger partial charge on any atom is -0.366 e. The van der Waals surface area contributed by atoms with Crippen LogP contribution in [0.2, 0.25) is 0 Å². The molecule has 4 N–H and O–H groups in total. The summed E-state index contributed by atoms with van der Waals surface area (Å²) in [5.74, 6) is 0.0141. The summed E-state index contributed by atoms with van der Waals surface area (Å²) in [7, 11) is 0. The molecule has 1 saturated carbocycles. The van der Waals surface area contributed by atoms with Gasteiger partial charge in [-0.2, -0.15) is 4.98 Å². The SMILES string of the molecule is CC1(C)CC1NC(=O)c1nc(N)n[nH]1. The fourth-order valence-electron chi connectivity index (χ4n) is 1.32. The fraction of sp³-hybridized carbons (Fsp3) is 0.625. The van der Waals surface area contributed by atoms with E-state index < -0.39 is 0 Å². The number of carbonyl (C=O) groups excluding carboxylic acids is 1. The number of aromatic amines is 1. The summed E-state index contributed by atoms with van der Waals surface area (Å²) < 4.78 is 0. The van der Waals surface area contributed by atoms with Gasteiger partial charge in [-0.3, -0.25) is 9.89 Å². The molecule has 1 aromatic rings. The van der Waals surface area contributed by atoms with Crippen LogP contribution in [0.3, 0.4) is 0 Å². The van der Waals surface area contributed by atoms with Crippen LogP contribution in [0.4, 0.5) is 5.95 Å². The number of nitrogen functional groups attached to an aromatic ring is 1. The molecule has 6 heteroatoms.